The molecule has 0 spiro atoms. The summed E-state index contributed by atoms with van der Waals surface area (Å²) in [4.78, 5) is 8.30. The smallest absolute Gasteiger partial charge is 0.224 e. The second-order valence-electron chi connectivity index (χ2n) is 3.92. The molecule has 0 bridgehead atoms. The summed E-state index contributed by atoms with van der Waals surface area (Å²) < 4.78 is 0. The first-order chi connectivity index (χ1) is 8.16. The lowest BCUT2D eigenvalue weighted by Crippen LogP contribution is -2.11. The Labute approximate surface area is 105 Å². The number of benzene rings is 1. The van der Waals surface area contributed by atoms with Gasteiger partial charge in [-0.3, -0.25) is 0 Å². The SMILES string of the molecule is CC(O)CCNc1nc(Cl)nc2ccccc12. The van der Waals surface area contributed by atoms with Crippen molar-refractivity contribution < 1.29 is 5.11 Å². The molecule has 0 aliphatic heterocycles. The van der Waals surface area contributed by atoms with E-state index in [9.17, 15) is 5.11 Å². The molecule has 17 heavy (non-hydrogen) atoms. The maximum atomic E-state index is 9.20. The number of nitrogens with zero attached hydrogens (tertiary/aromatic N) is 2. The molecule has 1 atom stereocenters. The molecule has 5 heteroatoms. The fraction of sp³-hybridized carbons (Fsp3) is 0.333. The van der Waals surface area contributed by atoms with Gasteiger partial charge < -0.3 is 10.4 Å². The van der Waals surface area contributed by atoms with Crippen LogP contribution in [0.3, 0.4) is 0 Å². The van der Waals surface area contributed by atoms with Gasteiger partial charge in [0.2, 0.25) is 5.28 Å². The van der Waals surface area contributed by atoms with E-state index in [1.54, 1.807) is 6.92 Å². The average molecular weight is 252 g/mol. The van der Waals surface area contributed by atoms with Crippen molar-refractivity contribution >= 4 is 28.3 Å². The average Bonchev–Trinajstić information content (AvgIpc) is 2.28. The van der Waals surface area contributed by atoms with Crippen molar-refractivity contribution in [2.75, 3.05) is 11.9 Å². The molecule has 2 aromatic rings. The molecule has 1 aromatic carbocycles. The van der Waals surface area contributed by atoms with Crippen molar-refractivity contribution in [1.82, 2.24) is 9.97 Å². The Morgan fingerprint density at radius 2 is 2.12 bits per heavy atom. The predicted octanol–water partition coefficient (Wildman–Crippen LogP) is 2.47. The van der Waals surface area contributed by atoms with Crippen molar-refractivity contribution in [3.63, 3.8) is 0 Å². The summed E-state index contributed by atoms with van der Waals surface area (Å²) in [6.45, 7) is 2.40. The molecule has 1 heterocycles. The summed E-state index contributed by atoms with van der Waals surface area (Å²) in [5.41, 5.74) is 0.812. The van der Waals surface area contributed by atoms with Crippen LogP contribution in [0.1, 0.15) is 13.3 Å². The number of fused-ring (bicyclic) bond motifs is 1. The summed E-state index contributed by atoms with van der Waals surface area (Å²) in [7, 11) is 0. The Balaban J connectivity index is 2.26. The van der Waals surface area contributed by atoms with E-state index in [0.717, 1.165) is 10.9 Å². The Morgan fingerprint density at radius 3 is 2.88 bits per heavy atom. The summed E-state index contributed by atoms with van der Waals surface area (Å²) >= 11 is 5.85. The lowest BCUT2D eigenvalue weighted by Gasteiger charge is -2.09. The number of aromatic nitrogens is 2. The molecule has 4 nitrogen and oxygen atoms in total. The van der Waals surface area contributed by atoms with E-state index < -0.39 is 0 Å². The van der Waals surface area contributed by atoms with Gasteiger partial charge in [-0.1, -0.05) is 12.1 Å². The lowest BCUT2D eigenvalue weighted by molar-refractivity contribution is 0.188. The van der Waals surface area contributed by atoms with Crippen molar-refractivity contribution in [3.05, 3.63) is 29.5 Å². The summed E-state index contributed by atoms with van der Waals surface area (Å²) in [6, 6.07) is 7.67. The van der Waals surface area contributed by atoms with Gasteiger partial charge in [-0.2, -0.15) is 0 Å². The van der Waals surface area contributed by atoms with Gasteiger partial charge in [-0.15, -0.1) is 0 Å². The zero-order valence-corrected chi connectivity index (χ0v) is 10.3. The fourth-order valence-electron chi connectivity index (χ4n) is 1.58. The molecule has 0 radical (unpaired) electrons. The highest BCUT2D eigenvalue weighted by atomic mass is 35.5. The lowest BCUT2D eigenvalue weighted by atomic mass is 10.2. The van der Waals surface area contributed by atoms with E-state index in [1.807, 2.05) is 24.3 Å². The van der Waals surface area contributed by atoms with Gasteiger partial charge in [0, 0.05) is 11.9 Å². The van der Waals surface area contributed by atoms with E-state index in [2.05, 4.69) is 15.3 Å². The van der Waals surface area contributed by atoms with Crippen LogP contribution < -0.4 is 5.32 Å². The van der Waals surface area contributed by atoms with E-state index in [1.165, 1.54) is 0 Å². The van der Waals surface area contributed by atoms with Crippen molar-refractivity contribution in [3.8, 4) is 0 Å². The molecule has 0 fully saturated rings. The van der Waals surface area contributed by atoms with Gasteiger partial charge >= 0.3 is 0 Å². The van der Waals surface area contributed by atoms with Crippen LogP contribution in [0.25, 0.3) is 10.9 Å². The van der Waals surface area contributed by atoms with Crippen LogP contribution in [0.5, 0.6) is 0 Å². The minimum Gasteiger partial charge on any atom is -0.393 e. The Hall–Kier alpha value is -1.39. The highest BCUT2D eigenvalue weighted by Gasteiger charge is 2.05. The van der Waals surface area contributed by atoms with E-state index in [0.29, 0.717) is 18.8 Å². The minimum atomic E-state index is -0.328. The second kappa shape index (κ2) is 5.29. The molecule has 2 rings (SSSR count). The maximum absolute atomic E-state index is 9.20. The Bertz CT molecular complexity index is 516. The number of rotatable bonds is 4. The number of hydrogen-bond acceptors (Lipinski definition) is 4. The number of hydrogen-bond donors (Lipinski definition) is 2. The number of halogens is 1. The molecule has 0 saturated heterocycles. The second-order valence-corrected chi connectivity index (χ2v) is 4.26. The first kappa shape index (κ1) is 12.1. The Kier molecular flexibility index (Phi) is 3.76. The van der Waals surface area contributed by atoms with Crippen LogP contribution in [0.4, 0.5) is 5.82 Å². The van der Waals surface area contributed by atoms with Crippen molar-refractivity contribution in [2.45, 2.75) is 19.4 Å². The first-order valence-electron chi connectivity index (χ1n) is 5.51. The van der Waals surface area contributed by atoms with Gasteiger partial charge in [-0.05, 0) is 37.1 Å². The zero-order chi connectivity index (χ0) is 12.3. The maximum Gasteiger partial charge on any atom is 0.224 e. The third kappa shape index (κ3) is 3.05. The van der Waals surface area contributed by atoms with E-state index in [4.69, 9.17) is 11.6 Å². The van der Waals surface area contributed by atoms with Gasteiger partial charge in [0.15, 0.2) is 0 Å². The van der Waals surface area contributed by atoms with Crippen LogP contribution in [0.2, 0.25) is 5.28 Å². The van der Waals surface area contributed by atoms with Crippen LogP contribution in [0, 0.1) is 0 Å². The quantitative estimate of drug-likeness (QED) is 0.820. The molecular formula is C12H14ClN3O. The fourth-order valence-corrected chi connectivity index (χ4v) is 1.76. The minimum absolute atomic E-state index is 0.225. The summed E-state index contributed by atoms with van der Waals surface area (Å²) in [6.07, 6.45) is 0.335. The Morgan fingerprint density at radius 1 is 1.35 bits per heavy atom. The molecule has 0 saturated carbocycles. The largest absolute Gasteiger partial charge is 0.393 e. The monoisotopic (exact) mass is 251 g/mol. The number of nitrogens with one attached hydrogen (secondary N) is 1. The van der Waals surface area contributed by atoms with Gasteiger partial charge in [0.05, 0.1) is 11.6 Å². The highest BCUT2D eigenvalue weighted by molar-refractivity contribution is 6.28. The van der Waals surface area contributed by atoms with Crippen molar-refractivity contribution in [1.29, 1.82) is 0 Å². The topological polar surface area (TPSA) is 58.0 Å². The van der Waals surface area contributed by atoms with Crippen LogP contribution in [-0.2, 0) is 0 Å². The zero-order valence-electron chi connectivity index (χ0n) is 9.52. The van der Waals surface area contributed by atoms with Crippen LogP contribution in [-0.4, -0.2) is 27.7 Å². The third-order valence-corrected chi connectivity index (χ3v) is 2.60. The summed E-state index contributed by atoms with van der Waals surface area (Å²) in [5, 5.41) is 13.5. The molecule has 1 unspecified atom stereocenters. The summed E-state index contributed by atoms with van der Waals surface area (Å²) in [5.74, 6) is 0.709. The number of anilines is 1. The predicted molar refractivity (Wildman–Crippen MR) is 69.3 cm³/mol. The first-order valence-corrected chi connectivity index (χ1v) is 5.89. The molecule has 1 aromatic heterocycles. The number of aliphatic hydroxyl groups is 1. The van der Waals surface area contributed by atoms with Crippen LogP contribution >= 0.6 is 11.6 Å². The van der Waals surface area contributed by atoms with Gasteiger partial charge in [-0.25, -0.2) is 9.97 Å². The van der Waals surface area contributed by atoms with E-state index >= 15 is 0 Å². The van der Waals surface area contributed by atoms with Crippen LogP contribution in [0.15, 0.2) is 24.3 Å². The molecule has 2 N–H and O–H groups in total. The third-order valence-electron chi connectivity index (χ3n) is 2.43. The number of para-hydroxylation sites is 1. The molecule has 90 valence electrons. The molecule has 0 aliphatic carbocycles. The standard InChI is InChI=1S/C12H14ClN3O/c1-8(17)6-7-14-11-9-4-2-3-5-10(9)15-12(13)16-11/h2-5,8,17H,6-7H2,1H3,(H,14,15,16). The molecule has 0 amide bonds. The molecular weight excluding hydrogens is 238 g/mol. The highest BCUT2D eigenvalue weighted by Crippen LogP contribution is 2.21. The van der Waals surface area contributed by atoms with Crippen molar-refractivity contribution in [2.24, 2.45) is 0 Å². The van der Waals surface area contributed by atoms with Gasteiger partial charge in [0.1, 0.15) is 5.82 Å². The number of aliphatic hydroxyl groups excluding tert-OH is 1. The van der Waals surface area contributed by atoms with E-state index in [-0.39, 0.29) is 11.4 Å². The van der Waals surface area contributed by atoms with Gasteiger partial charge in [0.25, 0.3) is 0 Å². The molecule has 0 aliphatic rings. The normalized spacial score (nSPS) is 12.6.